The van der Waals surface area contributed by atoms with E-state index >= 15 is 0 Å². The Bertz CT molecular complexity index is 877. The van der Waals surface area contributed by atoms with Gasteiger partial charge in [-0.15, -0.1) is 10.2 Å². The fourth-order valence-electron chi connectivity index (χ4n) is 5.08. The Kier molecular flexibility index (Phi) is 4.71. The third kappa shape index (κ3) is 3.26. The zero-order valence-corrected chi connectivity index (χ0v) is 16.7. The molecule has 1 aromatic heterocycles. The predicted octanol–water partition coefficient (Wildman–Crippen LogP) is 4.08. The second kappa shape index (κ2) is 7.36. The smallest absolute Gasteiger partial charge is 0.149 e. The summed E-state index contributed by atoms with van der Waals surface area (Å²) in [6, 6.07) is 7.48. The number of piperidine rings is 1. The number of rotatable bonds is 4. The van der Waals surface area contributed by atoms with Crippen LogP contribution in [-0.4, -0.2) is 45.4 Å². The number of nitrogens with zero attached hydrogens (tertiary/aromatic N) is 3. The maximum atomic E-state index is 10.7. The lowest BCUT2D eigenvalue weighted by Gasteiger charge is -2.42. The molecule has 0 radical (unpaired) electrons. The van der Waals surface area contributed by atoms with Gasteiger partial charge in [-0.2, -0.15) is 0 Å². The Hall–Kier alpha value is -2.14. The van der Waals surface area contributed by atoms with Gasteiger partial charge in [0.15, 0.2) is 0 Å². The maximum absolute atomic E-state index is 10.7. The number of aryl methyl sites for hydroxylation is 2. The number of nitrogens with one attached hydrogen (secondary N) is 1. The van der Waals surface area contributed by atoms with Crippen LogP contribution >= 0.6 is 0 Å². The van der Waals surface area contributed by atoms with Crippen molar-refractivity contribution in [2.45, 2.75) is 70.4 Å². The highest BCUT2D eigenvalue weighted by atomic mass is 16.3. The van der Waals surface area contributed by atoms with Crippen LogP contribution in [0.3, 0.4) is 0 Å². The van der Waals surface area contributed by atoms with Gasteiger partial charge < -0.3 is 10.4 Å². The van der Waals surface area contributed by atoms with E-state index in [1.165, 1.54) is 44.2 Å². The highest BCUT2D eigenvalue weighted by Crippen LogP contribution is 2.38. The first-order chi connectivity index (χ1) is 13.7. The van der Waals surface area contributed by atoms with E-state index in [0.29, 0.717) is 11.8 Å². The Morgan fingerprint density at radius 2 is 1.96 bits per heavy atom. The molecule has 2 aromatic rings. The molecular weight excluding hydrogens is 348 g/mol. The number of hydrogen-bond acceptors (Lipinski definition) is 5. The summed E-state index contributed by atoms with van der Waals surface area (Å²) in [4.78, 5) is 2.65. The fourth-order valence-corrected chi connectivity index (χ4v) is 5.08. The molecule has 2 N–H and O–H groups in total. The van der Waals surface area contributed by atoms with E-state index in [2.05, 4.69) is 39.5 Å². The van der Waals surface area contributed by atoms with Crippen LogP contribution in [0.25, 0.3) is 11.3 Å². The summed E-state index contributed by atoms with van der Waals surface area (Å²) in [5.74, 6) is 1.25. The lowest BCUT2D eigenvalue weighted by Crippen LogP contribution is -2.49. The number of likely N-dealkylation sites (tertiary alicyclic amines) is 1. The van der Waals surface area contributed by atoms with E-state index < -0.39 is 0 Å². The monoisotopic (exact) mass is 378 g/mol. The molecule has 28 heavy (non-hydrogen) atoms. The first kappa shape index (κ1) is 17.9. The molecule has 0 spiro atoms. The second-order valence-electron chi connectivity index (χ2n) is 8.78. The van der Waals surface area contributed by atoms with Gasteiger partial charge in [0.1, 0.15) is 11.6 Å². The van der Waals surface area contributed by atoms with Gasteiger partial charge in [-0.25, -0.2) is 0 Å². The van der Waals surface area contributed by atoms with Crippen molar-refractivity contribution < 1.29 is 5.11 Å². The van der Waals surface area contributed by atoms with Crippen molar-refractivity contribution in [3.05, 3.63) is 34.9 Å². The Morgan fingerprint density at radius 3 is 2.75 bits per heavy atom. The molecule has 1 aliphatic heterocycles. The molecule has 0 bridgehead atoms. The van der Waals surface area contributed by atoms with E-state index in [4.69, 9.17) is 0 Å². The number of aromatic nitrogens is 2. The van der Waals surface area contributed by atoms with Gasteiger partial charge in [-0.3, -0.25) is 4.90 Å². The van der Waals surface area contributed by atoms with Gasteiger partial charge in [0.2, 0.25) is 0 Å². The minimum absolute atomic E-state index is 0.400. The first-order valence-electron chi connectivity index (χ1n) is 10.9. The maximum Gasteiger partial charge on any atom is 0.149 e. The van der Waals surface area contributed by atoms with Crippen LogP contribution in [-0.2, 0) is 12.8 Å². The lowest BCUT2D eigenvalue weighted by molar-refractivity contribution is 0.0990. The van der Waals surface area contributed by atoms with Crippen LogP contribution in [0, 0.1) is 6.92 Å². The van der Waals surface area contributed by atoms with Crippen molar-refractivity contribution in [2.75, 3.05) is 18.4 Å². The molecule has 2 heterocycles. The second-order valence-corrected chi connectivity index (χ2v) is 8.78. The first-order valence-corrected chi connectivity index (χ1v) is 10.9. The normalized spacial score (nSPS) is 22.7. The summed E-state index contributed by atoms with van der Waals surface area (Å²) < 4.78 is 0. The summed E-state index contributed by atoms with van der Waals surface area (Å²) in [5.41, 5.74) is 5.03. The van der Waals surface area contributed by atoms with Crippen molar-refractivity contribution in [1.29, 1.82) is 0 Å². The summed E-state index contributed by atoms with van der Waals surface area (Å²) in [6.45, 7) is 4.41. The molecular formula is C23H30N4O. The largest absolute Gasteiger partial charge is 0.507 e. The van der Waals surface area contributed by atoms with Crippen LogP contribution < -0.4 is 5.32 Å². The molecule has 0 amide bonds. The number of phenols is 1. The third-order valence-corrected chi connectivity index (χ3v) is 6.89. The Morgan fingerprint density at radius 1 is 1.07 bits per heavy atom. The molecule has 1 saturated carbocycles. The van der Waals surface area contributed by atoms with Gasteiger partial charge >= 0.3 is 0 Å². The van der Waals surface area contributed by atoms with Crippen LogP contribution in [0.2, 0.25) is 0 Å². The number of phenolic OH excluding ortho intramolecular Hbond substituents is 1. The molecule has 3 aliphatic rings. The summed E-state index contributed by atoms with van der Waals surface area (Å²) in [7, 11) is 0. The standard InChI is InChI=1S/C23H30N4O/c1-15-13-21(24-17-6-4-12-27(14-17)18-7-3-8-18)25-26-22(15)20-11-10-16-5-2-9-19(16)23(20)28/h10-11,13,17-18,28H,2-9,12,14H2,1H3,(H,24,25)/t17-/m1/s1. The van der Waals surface area contributed by atoms with Gasteiger partial charge in [0.25, 0.3) is 0 Å². The van der Waals surface area contributed by atoms with Crippen LogP contribution in [0.5, 0.6) is 5.75 Å². The molecule has 1 saturated heterocycles. The molecule has 5 rings (SSSR count). The number of benzene rings is 1. The average Bonchev–Trinajstić information content (AvgIpc) is 3.12. The van der Waals surface area contributed by atoms with Crippen molar-refractivity contribution >= 4 is 5.82 Å². The zero-order valence-electron chi connectivity index (χ0n) is 16.7. The summed E-state index contributed by atoms with van der Waals surface area (Å²) in [5, 5.41) is 23.3. The molecule has 0 unspecified atom stereocenters. The summed E-state index contributed by atoms with van der Waals surface area (Å²) in [6.07, 6.45) is 9.71. The SMILES string of the molecule is Cc1cc(N[C@@H]2CCCN(C3CCC3)C2)nnc1-c1ccc2c(c1O)CCC2. The van der Waals surface area contributed by atoms with Crippen LogP contribution in [0.4, 0.5) is 5.82 Å². The van der Waals surface area contributed by atoms with Crippen molar-refractivity contribution in [3.63, 3.8) is 0 Å². The number of hydrogen-bond donors (Lipinski definition) is 2. The Balaban J connectivity index is 1.33. The molecule has 1 atom stereocenters. The van der Waals surface area contributed by atoms with Gasteiger partial charge in [-0.1, -0.05) is 12.5 Å². The van der Waals surface area contributed by atoms with Crippen LogP contribution in [0.1, 0.15) is 55.2 Å². The minimum Gasteiger partial charge on any atom is -0.507 e. The van der Waals surface area contributed by atoms with E-state index in [9.17, 15) is 5.11 Å². The van der Waals surface area contributed by atoms with Crippen molar-refractivity contribution in [2.24, 2.45) is 0 Å². The molecule has 2 fully saturated rings. The van der Waals surface area contributed by atoms with E-state index in [-0.39, 0.29) is 0 Å². The van der Waals surface area contributed by atoms with Crippen LogP contribution in [0.15, 0.2) is 18.2 Å². The third-order valence-electron chi connectivity index (χ3n) is 6.89. The fraction of sp³-hybridized carbons (Fsp3) is 0.565. The highest BCUT2D eigenvalue weighted by molar-refractivity contribution is 5.73. The van der Waals surface area contributed by atoms with Gasteiger partial charge in [-0.05, 0) is 87.2 Å². The minimum atomic E-state index is 0.400. The van der Waals surface area contributed by atoms with Crippen molar-refractivity contribution in [1.82, 2.24) is 15.1 Å². The molecule has 148 valence electrons. The summed E-state index contributed by atoms with van der Waals surface area (Å²) >= 11 is 0. The zero-order chi connectivity index (χ0) is 19.1. The van der Waals surface area contributed by atoms with E-state index in [1.54, 1.807) is 0 Å². The molecule has 1 aromatic carbocycles. The molecule has 5 nitrogen and oxygen atoms in total. The van der Waals surface area contributed by atoms with Crippen molar-refractivity contribution in [3.8, 4) is 17.0 Å². The molecule has 5 heteroatoms. The number of fused-ring (bicyclic) bond motifs is 1. The van der Waals surface area contributed by atoms with Gasteiger partial charge in [0, 0.05) is 24.2 Å². The average molecular weight is 379 g/mol. The highest BCUT2D eigenvalue weighted by Gasteiger charge is 2.29. The number of anilines is 1. The quantitative estimate of drug-likeness (QED) is 0.840. The predicted molar refractivity (Wildman–Crippen MR) is 112 cm³/mol. The molecule has 2 aliphatic carbocycles. The Labute approximate surface area is 167 Å². The lowest BCUT2D eigenvalue weighted by atomic mass is 9.89. The topological polar surface area (TPSA) is 61.3 Å². The van der Waals surface area contributed by atoms with E-state index in [1.807, 2.05) is 6.07 Å². The van der Waals surface area contributed by atoms with E-state index in [0.717, 1.165) is 60.1 Å². The number of aromatic hydroxyl groups is 1. The van der Waals surface area contributed by atoms with Gasteiger partial charge in [0.05, 0.1) is 5.69 Å².